The number of hydrogen-bond donors (Lipinski definition) is 0. The molecule has 0 aliphatic rings. The molecule has 0 unspecified atom stereocenters. The molecule has 14 aromatic rings. The van der Waals surface area contributed by atoms with Gasteiger partial charge in [0.15, 0.2) is 11.2 Å². The lowest BCUT2D eigenvalue weighted by Gasteiger charge is -2.22. The molecule has 78 heavy (non-hydrogen) atoms. The first kappa shape index (κ1) is 46.0. The van der Waals surface area contributed by atoms with Crippen molar-refractivity contribution < 1.29 is 8.83 Å². The molecule has 0 bridgehead atoms. The van der Waals surface area contributed by atoms with Gasteiger partial charge in [-0.2, -0.15) is 0 Å². The lowest BCUT2D eigenvalue weighted by molar-refractivity contribution is 0.619. The van der Waals surface area contributed by atoms with Gasteiger partial charge in [-0.1, -0.05) is 176 Å². The van der Waals surface area contributed by atoms with Gasteiger partial charge in [-0.3, -0.25) is 4.98 Å². The van der Waals surface area contributed by atoms with Crippen LogP contribution in [0.3, 0.4) is 0 Å². The summed E-state index contributed by atoms with van der Waals surface area (Å²) in [5, 5.41) is 0. The van der Waals surface area contributed by atoms with E-state index in [-0.39, 0.29) is 0 Å². The minimum atomic E-state index is 0.588. The lowest BCUT2D eigenvalue weighted by atomic mass is 9.82. The van der Waals surface area contributed by atoms with Crippen LogP contribution in [-0.4, -0.2) is 19.9 Å². The van der Waals surface area contributed by atoms with E-state index in [0.717, 1.165) is 134 Å². The zero-order valence-electron chi connectivity index (χ0n) is 42.2. The van der Waals surface area contributed by atoms with Crippen LogP contribution in [0.1, 0.15) is 0 Å². The summed E-state index contributed by atoms with van der Waals surface area (Å²) in [4.78, 5) is 20.2. The standard InChI is InChI=1S/C72H46N4O2/c1-5-19-47(20-6-1)58-45-62(60(49-23-9-3-10-24-49)43-56(58)51-32-36-53(37-33-51)71-75-66-28-13-15-30-68(66)77-71)55-40-41-65(64-27-17-18-42-73-64)74-70(55)63-46-59(48-21-7-2-8-22-48)57(44-61(63)50-25-11-4-12-26-50)52-34-38-54(39-35-52)72-76-67-29-14-16-31-69(67)78-72/h1-46H. The second-order valence-corrected chi connectivity index (χ2v) is 19.3. The largest absolute Gasteiger partial charge is 0.436 e. The van der Waals surface area contributed by atoms with Gasteiger partial charge in [0, 0.05) is 28.5 Å². The summed E-state index contributed by atoms with van der Waals surface area (Å²) in [5.74, 6) is 1.18. The third-order valence-corrected chi connectivity index (χ3v) is 14.5. The first-order valence-corrected chi connectivity index (χ1v) is 26.1. The van der Waals surface area contributed by atoms with Crippen LogP contribution in [-0.2, 0) is 0 Å². The van der Waals surface area contributed by atoms with E-state index in [1.54, 1.807) is 0 Å². The second kappa shape index (κ2) is 19.9. The van der Waals surface area contributed by atoms with Gasteiger partial charge < -0.3 is 8.83 Å². The smallest absolute Gasteiger partial charge is 0.227 e. The maximum absolute atomic E-state index is 6.22. The minimum Gasteiger partial charge on any atom is -0.436 e. The van der Waals surface area contributed by atoms with E-state index >= 15 is 0 Å². The summed E-state index contributed by atoms with van der Waals surface area (Å²) in [6.45, 7) is 0. The molecule has 0 atom stereocenters. The highest BCUT2D eigenvalue weighted by molar-refractivity contribution is 6.02. The van der Waals surface area contributed by atoms with Crippen molar-refractivity contribution in [3.05, 3.63) is 279 Å². The molecule has 0 radical (unpaired) electrons. The van der Waals surface area contributed by atoms with Crippen molar-refractivity contribution in [2.45, 2.75) is 0 Å². The fraction of sp³-hybridized carbons (Fsp3) is 0. The molecular weight excluding hydrogens is 953 g/mol. The number of hydrogen-bond acceptors (Lipinski definition) is 6. The van der Waals surface area contributed by atoms with Crippen LogP contribution >= 0.6 is 0 Å². The van der Waals surface area contributed by atoms with Gasteiger partial charge in [-0.15, -0.1) is 0 Å². The molecule has 0 aliphatic carbocycles. The normalized spacial score (nSPS) is 11.3. The van der Waals surface area contributed by atoms with Crippen molar-refractivity contribution in [2.24, 2.45) is 0 Å². The number of benzene rings is 10. The zero-order chi connectivity index (χ0) is 51.8. The molecule has 14 rings (SSSR count). The summed E-state index contributed by atoms with van der Waals surface area (Å²) < 4.78 is 12.4. The van der Waals surface area contributed by atoms with Crippen molar-refractivity contribution >= 4 is 22.2 Å². The number of pyridine rings is 2. The monoisotopic (exact) mass is 998 g/mol. The first-order valence-electron chi connectivity index (χ1n) is 26.1. The molecule has 0 amide bonds. The predicted octanol–water partition coefficient (Wildman–Crippen LogP) is 19.1. The van der Waals surface area contributed by atoms with Crippen LogP contribution in [0.25, 0.3) is 146 Å². The molecule has 6 nitrogen and oxygen atoms in total. The van der Waals surface area contributed by atoms with E-state index in [2.05, 4.69) is 206 Å². The number of fused-ring (bicyclic) bond motifs is 2. The highest BCUT2D eigenvalue weighted by Gasteiger charge is 2.25. The molecule has 6 heteroatoms. The molecule has 366 valence electrons. The van der Waals surface area contributed by atoms with Crippen LogP contribution in [0.5, 0.6) is 0 Å². The zero-order valence-corrected chi connectivity index (χ0v) is 42.2. The van der Waals surface area contributed by atoms with Crippen molar-refractivity contribution in [1.29, 1.82) is 0 Å². The molecule has 4 aromatic heterocycles. The summed E-state index contributed by atoms with van der Waals surface area (Å²) >= 11 is 0. The van der Waals surface area contributed by atoms with Gasteiger partial charge in [0.2, 0.25) is 11.8 Å². The Labute approximate surface area is 451 Å². The van der Waals surface area contributed by atoms with E-state index in [4.69, 9.17) is 28.8 Å². The molecule has 0 saturated heterocycles. The summed E-state index contributed by atoms with van der Waals surface area (Å²) in [7, 11) is 0. The average Bonchev–Trinajstić information content (AvgIpc) is 4.32. The quantitative estimate of drug-likeness (QED) is 0.128. The Morgan fingerprint density at radius 3 is 1.03 bits per heavy atom. The summed E-state index contributed by atoms with van der Waals surface area (Å²) in [5.41, 5.74) is 23.3. The van der Waals surface area contributed by atoms with Crippen LogP contribution in [0.15, 0.2) is 288 Å². The van der Waals surface area contributed by atoms with Gasteiger partial charge in [0.05, 0.1) is 17.1 Å². The molecule has 4 heterocycles. The van der Waals surface area contributed by atoms with Gasteiger partial charge in [0.1, 0.15) is 11.0 Å². The SMILES string of the molecule is c1ccc(-c2cc(-c3ccc(-c4ccccn4)nc3-c3cc(-c4ccccc4)c(-c4ccc(-c5nc6ccccc6o5)cc4)cc3-c3ccccc3)c(-c3ccccc3)cc2-c2ccc(-c3nc4ccccc4o3)cc2)cc1. The van der Waals surface area contributed by atoms with E-state index in [1.165, 1.54) is 0 Å². The molecule has 0 spiro atoms. The highest BCUT2D eigenvalue weighted by atomic mass is 16.4. The van der Waals surface area contributed by atoms with E-state index < -0.39 is 0 Å². The summed E-state index contributed by atoms with van der Waals surface area (Å²) in [6.07, 6.45) is 1.83. The Kier molecular flexibility index (Phi) is 11.8. The van der Waals surface area contributed by atoms with Gasteiger partial charge in [0.25, 0.3) is 0 Å². The minimum absolute atomic E-state index is 0.588. The Bertz CT molecular complexity index is 4380. The van der Waals surface area contributed by atoms with Crippen molar-refractivity contribution in [1.82, 2.24) is 19.9 Å². The molecule has 0 saturated carbocycles. The third kappa shape index (κ3) is 8.73. The number of nitrogens with zero attached hydrogens (tertiary/aromatic N) is 4. The van der Waals surface area contributed by atoms with E-state index in [0.29, 0.717) is 11.8 Å². The first-order chi connectivity index (χ1) is 38.6. The van der Waals surface area contributed by atoms with Crippen molar-refractivity contribution in [3.8, 4) is 123 Å². The van der Waals surface area contributed by atoms with Gasteiger partial charge in [-0.05, 0) is 169 Å². The molecule has 0 fully saturated rings. The van der Waals surface area contributed by atoms with E-state index in [1.807, 2.05) is 72.9 Å². The van der Waals surface area contributed by atoms with Crippen molar-refractivity contribution in [3.63, 3.8) is 0 Å². The van der Waals surface area contributed by atoms with Crippen LogP contribution in [0, 0.1) is 0 Å². The Morgan fingerprint density at radius 1 is 0.231 bits per heavy atom. The topological polar surface area (TPSA) is 77.8 Å². The average molecular weight is 999 g/mol. The Morgan fingerprint density at radius 2 is 0.590 bits per heavy atom. The third-order valence-electron chi connectivity index (χ3n) is 14.5. The van der Waals surface area contributed by atoms with E-state index in [9.17, 15) is 0 Å². The molecular formula is C72H46N4O2. The van der Waals surface area contributed by atoms with Crippen LogP contribution < -0.4 is 0 Å². The number of oxazole rings is 2. The Balaban J connectivity index is 1.01. The van der Waals surface area contributed by atoms with Gasteiger partial charge in [-0.25, -0.2) is 15.0 Å². The van der Waals surface area contributed by atoms with Crippen LogP contribution in [0.2, 0.25) is 0 Å². The number of rotatable bonds is 11. The molecule has 10 aromatic carbocycles. The maximum atomic E-state index is 6.22. The van der Waals surface area contributed by atoms with Crippen molar-refractivity contribution in [2.75, 3.05) is 0 Å². The Hall–Kier alpha value is -10.6. The maximum Gasteiger partial charge on any atom is 0.227 e. The van der Waals surface area contributed by atoms with Gasteiger partial charge >= 0.3 is 0 Å². The molecule has 0 aliphatic heterocycles. The summed E-state index contributed by atoms with van der Waals surface area (Å²) in [6, 6.07) is 95.3. The molecule has 0 N–H and O–H groups in total. The number of para-hydroxylation sites is 4. The number of aromatic nitrogens is 4. The predicted molar refractivity (Wildman–Crippen MR) is 317 cm³/mol. The second-order valence-electron chi connectivity index (χ2n) is 19.3. The lowest BCUT2D eigenvalue weighted by Crippen LogP contribution is -1.99. The fourth-order valence-corrected chi connectivity index (χ4v) is 10.6. The highest BCUT2D eigenvalue weighted by Crippen LogP contribution is 2.49. The fourth-order valence-electron chi connectivity index (χ4n) is 10.6. The van der Waals surface area contributed by atoms with Crippen LogP contribution in [0.4, 0.5) is 0 Å².